The van der Waals surface area contributed by atoms with E-state index in [0.717, 1.165) is 0 Å². The molecule has 0 spiro atoms. The number of hydrogen-bond acceptors (Lipinski definition) is 6. The number of para-hydroxylation sites is 1. The summed E-state index contributed by atoms with van der Waals surface area (Å²) in [5.41, 5.74) is -0.516. The second kappa shape index (κ2) is 6.48. The Morgan fingerprint density at radius 1 is 1.50 bits per heavy atom. The maximum Gasteiger partial charge on any atom is 0.334 e. The number of carbonyl (C=O) groups excluding carboxylic acids is 1. The topological polar surface area (TPSA) is 139 Å². The molecule has 0 aliphatic carbocycles. The van der Waals surface area contributed by atoms with Gasteiger partial charge in [-0.1, -0.05) is 6.07 Å². The first-order valence-electron chi connectivity index (χ1n) is 5.39. The maximum absolute atomic E-state index is 11.8. The van der Waals surface area contributed by atoms with Gasteiger partial charge in [0.15, 0.2) is 6.10 Å². The van der Waals surface area contributed by atoms with Crippen LogP contribution in [0.4, 0.5) is 5.69 Å². The average molecular weight is 284 g/mol. The highest BCUT2D eigenvalue weighted by Gasteiger charge is 2.23. The zero-order valence-corrected chi connectivity index (χ0v) is 10.4. The first-order valence-corrected chi connectivity index (χ1v) is 5.39. The Morgan fingerprint density at radius 3 is 2.65 bits per heavy atom. The number of hydrogen-bond donors (Lipinski definition) is 3. The molecule has 0 aliphatic heterocycles. The van der Waals surface area contributed by atoms with Crippen LogP contribution in [0.25, 0.3) is 0 Å². The summed E-state index contributed by atoms with van der Waals surface area (Å²) >= 11 is 0. The highest BCUT2D eigenvalue weighted by atomic mass is 16.6. The van der Waals surface area contributed by atoms with Crippen molar-refractivity contribution in [3.63, 3.8) is 0 Å². The number of carbonyl (C=O) groups is 2. The minimum atomic E-state index is -1.76. The number of nitro groups is 1. The van der Waals surface area contributed by atoms with Gasteiger partial charge in [-0.2, -0.15) is 0 Å². The van der Waals surface area contributed by atoms with Crippen molar-refractivity contribution in [2.75, 3.05) is 13.7 Å². The van der Waals surface area contributed by atoms with Crippen molar-refractivity contribution >= 4 is 17.6 Å². The standard InChI is InChI=1S/C11H12N2O7/c1-20-9-6(3-2-4-7(9)13(18)19)10(15)12-5-8(14)11(16)17/h2-4,8,14H,5H2,1H3,(H,12,15)(H,16,17)/t8-/m0/s1. The first kappa shape index (κ1) is 15.4. The van der Waals surface area contributed by atoms with Gasteiger partial charge in [0.25, 0.3) is 5.91 Å². The Morgan fingerprint density at radius 2 is 2.15 bits per heavy atom. The Bertz CT molecular complexity index is 544. The number of nitro benzene ring substituents is 1. The third-order valence-electron chi connectivity index (χ3n) is 2.38. The molecule has 1 atom stereocenters. The smallest absolute Gasteiger partial charge is 0.334 e. The molecular formula is C11H12N2O7. The SMILES string of the molecule is COc1c(C(=O)NC[C@H](O)C(=O)O)cccc1[N+](=O)[O-]. The van der Waals surface area contributed by atoms with Gasteiger partial charge in [0.1, 0.15) is 0 Å². The number of carboxylic acids is 1. The van der Waals surface area contributed by atoms with E-state index in [9.17, 15) is 19.7 Å². The quantitative estimate of drug-likeness (QED) is 0.484. The van der Waals surface area contributed by atoms with Crippen LogP contribution >= 0.6 is 0 Å². The van der Waals surface area contributed by atoms with Crippen LogP contribution in [-0.2, 0) is 4.79 Å². The molecule has 108 valence electrons. The number of amides is 1. The van der Waals surface area contributed by atoms with Crippen LogP contribution in [0.2, 0.25) is 0 Å². The van der Waals surface area contributed by atoms with E-state index in [1.54, 1.807) is 0 Å². The van der Waals surface area contributed by atoms with Gasteiger partial charge in [-0.05, 0) is 6.07 Å². The van der Waals surface area contributed by atoms with Gasteiger partial charge in [-0.3, -0.25) is 14.9 Å². The summed E-state index contributed by atoms with van der Waals surface area (Å²) in [7, 11) is 1.17. The van der Waals surface area contributed by atoms with Crippen LogP contribution in [0.3, 0.4) is 0 Å². The average Bonchev–Trinajstić information content (AvgIpc) is 2.42. The summed E-state index contributed by atoms with van der Waals surface area (Å²) in [6.45, 7) is -0.528. The number of methoxy groups -OCH3 is 1. The predicted molar refractivity (Wildman–Crippen MR) is 65.6 cm³/mol. The van der Waals surface area contributed by atoms with Crippen LogP contribution < -0.4 is 10.1 Å². The molecular weight excluding hydrogens is 272 g/mol. The minimum absolute atomic E-state index is 0.126. The second-order valence-corrected chi connectivity index (χ2v) is 3.68. The van der Waals surface area contributed by atoms with Crippen LogP contribution in [0.1, 0.15) is 10.4 Å². The molecule has 0 bridgehead atoms. The van der Waals surface area contributed by atoms with Crippen molar-refractivity contribution in [2.45, 2.75) is 6.10 Å². The van der Waals surface area contributed by atoms with Crippen molar-refractivity contribution in [2.24, 2.45) is 0 Å². The zero-order chi connectivity index (χ0) is 15.3. The number of nitrogens with zero attached hydrogens (tertiary/aromatic N) is 1. The maximum atomic E-state index is 11.8. The third kappa shape index (κ3) is 3.42. The number of aliphatic hydroxyl groups excluding tert-OH is 1. The van der Waals surface area contributed by atoms with Gasteiger partial charge in [0, 0.05) is 6.07 Å². The van der Waals surface area contributed by atoms with Gasteiger partial charge in [-0.15, -0.1) is 0 Å². The highest BCUT2D eigenvalue weighted by Crippen LogP contribution is 2.30. The lowest BCUT2D eigenvalue weighted by Gasteiger charge is -2.10. The number of rotatable bonds is 6. The third-order valence-corrected chi connectivity index (χ3v) is 2.38. The zero-order valence-electron chi connectivity index (χ0n) is 10.4. The van der Waals surface area contributed by atoms with Gasteiger partial charge in [-0.25, -0.2) is 4.79 Å². The fourth-order valence-corrected chi connectivity index (χ4v) is 1.43. The molecule has 1 aromatic carbocycles. The van der Waals surface area contributed by atoms with E-state index >= 15 is 0 Å². The molecule has 9 heteroatoms. The van der Waals surface area contributed by atoms with Crippen LogP contribution in [0, 0.1) is 10.1 Å². The molecule has 0 unspecified atom stereocenters. The lowest BCUT2D eigenvalue weighted by molar-refractivity contribution is -0.385. The van der Waals surface area contributed by atoms with E-state index < -0.39 is 29.4 Å². The summed E-state index contributed by atoms with van der Waals surface area (Å²) in [6, 6.07) is 3.75. The summed E-state index contributed by atoms with van der Waals surface area (Å²) in [5, 5.41) is 30.4. The highest BCUT2D eigenvalue weighted by molar-refractivity contribution is 5.98. The van der Waals surface area contributed by atoms with Crippen molar-refractivity contribution < 1.29 is 29.5 Å². The summed E-state index contributed by atoms with van der Waals surface area (Å²) < 4.78 is 4.83. The summed E-state index contributed by atoms with van der Waals surface area (Å²) in [5.74, 6) is -2.51. The Balaban J connectivity index is 2.96. The van der Waals surface area contributed by atoms with E-state index in [-0.39, 0.29) is 17.0 Å². The summed E-state index contributed by atoms with van der Waals surface area (Å²) in [6.07, 6.45) is -1.76. The largest absolute Gasteiger partial charge is 0.490 e. The number of aliphatic hydroxyl groups is 1. The Labute approximate surface area is 112 Å². The molecule has 0 radical (unpaired) electrons. The van der Waals surface area contributed by atoms with E-state index in [1.165, 1.54) is 25.3 Å². The molecule has 0 fully saturated rings. The van der Waals surface area contributed by atoms with Gasteiger partial charge in [0.05, 0.1) is 24.1 Å². The predicted octanol–water partition coefficient (Wildman–Crippen LogP) is -0.221. The number of aliphatic carboxylic acids is 1. The van der Waals surface area contributed by atoms with Crippen LogP contribution in [-0.4, -0.2) is 46.8 Å². The van der Waals surface area contributed by atoms with Gasteiger partial charge >= 0.3 is 11.7 Å². The fraction of sp³-hybridized carbons (Fsp3) is 0.273. The molecule has 1 amide bonds. The number of carboxylic acid groups (broad SMARTS) is 1. The molecule has 0 aromatic heterocycles. The molecule has 1 aromatic rings. The fourth-order valence-electron chi connectivity index (χ4n) is 1.43. The molecule has 20 heavy (non-hydrogen) atoms. The molecule has 0 saturated heterocycles. The Hall–Kier alpha value is -2.68. The van der Waals surface area contributed by atoms with E-state index in [2.05, 4.69) is 5.32 Å². The molecule has 0 heterocycles. The lowest BCUT2D eigenvalue weighted by Crippen LogP contribution is -2.36. The van der Waals surface area contributed by atoms with Gasteiger partial charge < -0.3 is 20.3 Å². The van der Waals surface area contributed by atoms with Crippen LogP contribution in [0.5, 0.6) is 5.75 Å². The minimum Gasteiger partial charge on any atom is -0.490 e. The monoisotopic (exact) mass is 284 g/mol. The number of ether oxygens (including phenoxy) is 1. The van der Waals surface area contributed by atoms with E-state index in [0.29, 0.717) is 0 Å². The van der Waals surface area contributed by atoms with Crippen molar-refractivity contribution in [3.05, 3.63) is 33.9 Å². The molecule has 1 rings (SSSR count). The van der Waals surface area contributed by atoms with Gasteiger partial charge in [0.2, 0.25) is 5.75 Å². The van der Waals surface area contributed by atoms with Crippen molar-refractivity contribution in [1.29, 1.82) is 0 Å². The first-order chi connectivity index (χ1) is 9.38. The molecule has 3 N–H and O–H groups in total. The Kier molecular flexibility index (Phi) is 4.98. The van der Waals surface area contributed by atoms with Crippen LogP contribution in [0.15, 0.2) is 18.2 Å². The second-order valence-electron chi connectivity index (χ2n) is 3.68. The lowest BCUT2D eigenvalue weighted by atomic mass is 10.1. The van der Waals surface area contributed by atoms with Crippen molar-refractivity contribution in [3.8, 4) is 5.75 Å². The normalized spacial score (nSPS) is 11.5. The van der Waals surface area contributed by atoms with Crippen molar-refractivity contribution in [1.82, 2.24) is 5.32 Å². The van der Waals surface area contributed by atoms with E-state index in [4.69, 9.17) is 14.9 Å². The molecule has 9 nitrogen and oxygen atoms in total. The van der Waals surface area contributed by atoms with E-state index in [1.807, 2.05) is 0 Å². The molecule has 0 saturated carbocycles. The molecule has 0 aliphatic rings. The number of nitrogens with one attached hydrogen (secondary N) is 1. The summed E-state index contributed by atoms with van der Waals surface area (Å²) in [4.78, 5) is 32.3. The number of benzene rings is 1.